The van der Waals surface area contributed by atoms with E-state index in [1.165, 1.54) is 0 Å². The summed E-state index contributed by atoms with van der Waals surface area (Å²) in [6, 6.07) is 0.600. The highest BCUT2D eigenvalue weighted by Gasteiger charge is 2.32. The number of likely N-dealkylation sites (tertiary alicyclic amines) is 1. The van der Waals surface area contributed by atoms with Gasteiger partial charge in [0.15, 0.2) is 0 Å². The van der Waals surface area contributed by atoms with Crippen molar-refractivity contribution >= 4 is 5.91 Å². The fourth-order valence-electron chi connectivity index (χ4n) is 2.84. The standard InChI is InChI=1S/C13H24N2O2/c1-3-14-12-4-6-15(7-5-12)13(16)11-8-10(2)17-9-11/h10-12,14H,3-9H2,1-2H3. The van der Waals surface area contributed by atoms with Crippen LogP contribution < -0.4 is 5.32 Å². The molecule has 4 heteroatoms. The zero-order chi connectivity index (χ0) is 12.3. The second kappa shape index (κ2) is 5.83. The van der Waals surface area contributed by atoms with Gasteiger partial charge in [-0.05, 0) is 32.7 Å². The zero-order valence-electron chi connectivity index (χ0n) is 10.9. The Labute approximate surface area is 104 Å². The van der Waals surface area contributed by atoms with Gasteiger partial charge in [0.05, 0.1) is 18.6 Å². The topological polar surface area (TPSA) is 41.6 Å². The van der Waals surface area contributed by atoms with Gasteiger partial charge in [0, 0.05) is 19.1 Å². The van der Waals surface area contributed by atoms with E-state index in [4.69, 9.17) is 4.74 Å². The van der Waals surface area contributed by atoms with E-state index in [2.05, 4.69) is 12.2 Å². The summed E-state index contributed by atoms with van der Waals surface area (Å²) >= 11 is 0. The molecule has 98 valence electrons. The van der Waals surface area contributed by atoms with E-state index in [0.717, 1.165) is 38.9 Å². The van der Waals surface area contributed by atoms with Crippen molar-refractivity contribution in [2.24, 2.45) is 5.92 Å². The van der Waals surface area contributed by atoms with E-state index in [0.29, 0.717) is 18.6 Å². The molecule has 2 aliphatic heterocycles. The average molecular weight is 240 g/mol. The van der Waals surface area contributed by atoms with Crippen LogP contribution in [-0.2, 0) is 9.53 Å². The average Bonchev–Trinajstić information content (AvgIpc) is 2.76. The number of rotatable bonds is 3. The van der Waals surface area contributed by atoms with Crippen LogP contribution in [0.2, 0.25) is 0 Å². The lowest BCUT2D eigenvalue weighted by Crippen LogP contribution is -2.46. The number of amides is 1. The van der Waals surface area contributed by atoms with E-state index in [-0.39, 0.29) is 12.0 Å². The number of piperidine rings is 1. The summed E-state index contributed by atoms with van der Waals surface area (Å²) in [5.41, 5.74) is 0. The van der Waals surface area contributed by atoms with E-state index in [9.17, 15) is 4.79 Å². The minimum absolute atomic E-state index is 0.112. The molecule has 0 bridgehead atoms. The first kappa shape index (κ1) is 12.8. The second-order valence-corrected chi connectivity index (χ2v) is 5.23. The third-order valence-electron chi connectivity index (χ3n) is 3.85. The Hall–Kier alpha value is -0.610. The third kappa shape index (κ3) is 3.19. The van der Waals surface area contributed by atoms with Crippen LogP contribution in [0.25, 0.3) is 0 Å². The Balaban J connectivity index is 1.78. The lowest BCUT2D eigenvalue weighted by Gasteiger charge is -2.33. The molecule has 2 aliphatic rings. The van der Waals surface area contributed by atoms with Crippen LogP contribution >= 0.6 is 0 Å². The summed E-state index contributed by atoms with van der Waals surface area (Å²) in [5.74, 6) is 0.421. The molecule has 0 aliphatic carbocycles. The smallest absolute Gasteiger partial charge is 0.228 e. The largest absolute Gasteiger partial charge is 0.378 e. The number of hydrogen-bond donors (Lipinski definition) is 1. The maximum atomic E-state index is 12.2. The van der Waals surface area contributed by atoms with Crippen molar-refractivity contribution < 1.29 is 9.53 Å². The van der Waals surface area contributed by atoms with Crippen LogP contribution in [-0.4, -0.2) is 49.2 Å². The molecule has 0 aromatic heterocycles. The molecule has 1 amide bonds. The molecule has 2 heterocycles. The van der Waals surface area contributed by atoms with Crippen molar-refractivity contribution in [2.45, 2.75) is 45.3 Å². The van der Waals surface area contributed by atoms with Crippen LogP contribution in [0, 0.1) is 5.92 Å². The zero-order valence-corrected chi connectivity index (χ0v) is 10.9. The molecule has 1 N–H and O–H groups in total. The SMILES string of the molecule is CCNC1CCN(C(=O)C2COC(C)C2)CC1. The van der Waals surface area contributed by atoms with E-state index in [1.807, 2.05) is 11.8 Å². The first-order valence-electron chi connectivity index (χ1n) is 6.84. The highest BCUT2D eigenvalue weighted by atomic mass is 16.5. The number of ether oxygens (including phenoxy) is 1. The van der Waals surface area contributed by atoms with Gasteiger partial charge < -0.3 is 15.0 Å². The molecule has 2 unspecified atom stereocenters. The minimum atomic E-state index is 0.112. The minimum Gasteiger partial charge on any atom is -0.378 e. The van der Waals surface area contributed by atoms with E-state index in [1.54, 1.807) is 0 Å². The molecule has 0 aromatic carbocycles. The molecule has 17 heavy (non-hydrogen) atoms. The van der Waals surface area contributed by atoms with Crippen molar-refractivity contribution in [1.82, 2.24) is 10.2 Å². The summed E-state index contributed by atoms with van der Waals surface area (Å²) in [6.45, 7) is 7.63. The summed E-state index contributed by atoms with van der Waals surface area (Å²) < 4.78 is 5.48. The van der Waals surface area contributed by atoms with Gasteiger partial charge in [-0.25, -0.2) is 0 Å². The summed E-state index contributed by atoms with van der Waals surface area (Å²) in [6.07, 6.45) is 3.32. The van der Waals surface area contributed by atoms with Gasteiger partial charge in [0.25, 0.3) is 0 Å². The van der Waals surface area contributed by atoms with Crippen molar-refractivity contribution in [3.63, 3.8) is 0 Å². The van der Waals surface area contributed by atoms with Gasteiger partial charge >= 0.3 is 0 Å². The predicted octanol–water partition coefficient (Wildman–Crippen LogP) is 1.01. The van der Waals surface area contributed by atoms with Gasteiger partial charge in [-0.2, -0.15) is 0 Å². The number of nitrogens with zero attached hydrogens (tertiary/aromatic N) is 1. The fourth-order valence-corrected chi connectivity index (χ4v) is 2.84. The fraction of sp³-hybridized carbons (Fsp3) is 0.923. The Morgan fingerprint density at radius 2 is 2.12 bits per heavy atom. The predicted molar refractivity (Wildman–Crippen MR) is 66.8 cm³/mol. The molecular formula is C13H24N2O2. The first-order valence-corrected chi connectivity index (χ1v) is 6.84. The maximum absolute atomic E-state index is 12.2. The molecule has 2 fully saturated rings. The van der Waals surface area contributed by atoms with E-state index < -0.39 is 0 Å². The Bertz CT molecular complexity index is 262. The van der Waals surface area contributed by atoms with Crippen LogP contribution in [0.15, 0.2) is 0 Å². The van der Waals surface area contributed by atoms with Gasteiger partial charge in [0.2, 0.25) is 5.91 Å². The molecule has 0 aromatic rings. The molecule has 0 radical (unpaired) electrons. The van der Waals surface area contributed by atoms with Crippen molar-refractivity contribution in [1.29, 1.82) is 0 Å². The van der Waals surface area contributed by atoms with Crippen LogP contribution in [0.4, 0.5) is 0 Å². The first-order chi connectivity index (χ1) is 8.20. The van der Waals surface area contributed by atoms with Gasteiger partial charge in [-0.3, -0.25) is 4.79 Å². The molecule has 2 atom stereocenters. The van der Waals surface area contributed by atoms with Gasteiger partial charge in [-0.15, -0.1) is 0 Å². The number of carbonyl (C=O) groups excluding carboxylic acids is 1. The van der Waals surface area contributed by atoms with Crippen LogP contribution in [0.3, 0.4) is 0 Å². The van der Waals surface area contributed by atoms with Gasteiger partial charge in [0.1, 0.15) is 0 Å². The molecular weight excluding hydrogens is 216 g/mol. The summed E-state index contributed by atoms with van der Waals surface area (Å²) in [5, 5.41) is 3.46. The van der Waals surface area contributed by atoms with Crippen molar-refractivity contribution in [2.75, 3.05) is 26.2 Å². The van der Waals surface area contributed by atoms with Crippen molar-refractivity contribution in [3.8, 4) is 0 Å². The number of hydrogen-bond acceptors (Lipinski definition) is 3. The molecule has 4 nitrogen and oxygen atoms in total. The van der Waals surface area contributed by atoms with Gasteiger partial charge in [-0.1, -0.05) is 6.92 Å². The summed E-state index contributed by atoms with van der Waals surface area (Å²) in [7, 11) is 0. The van der Waals surface area contributed by atoms with E-state index >= 15 is 0 Å². The number of carbonyl (C=O) groups is 1. The second-order valence-electron chi connectivity index (χ2n) is 5.23. The third-order valence-corrected chi connectivity index (χ3v) is 3.85. The normalized spacial score (nSPS) is 30.8. The molecule has 2 saturated heterocycles. The van der Waals surface area contributed by atoms with Crippen LogP contribution in [0.5, 0.6) is 0 Å². The monoisotopic (exact) mass is 240 g/mol. The van der Waals surface area contributed by atoms with Crippen LogP contribution in [0.1, 0.15) is 33.1 Å². The number of nitrogens with one attached hydrogen (secondary N) is 1. The Kier molecular flexibility index (Phi) is 4.40. The quantitative estimate of drug-likeness (QED) is 0.800. The molecule has 0 saturated carbocycles. The Morgan fingerprint density at radius 3 is 2.65 bits per heavy atom. The highest BCUT2D eigenvalue weighted by molar-refractivity contribution is 5.79. The lowest BCUT2D eigenvalue weighted by molar-refractivity contribution is -0.136. The molecule has 2 rings (SSSR count). The van der Waals surface area contributed by atoms with Crippen molar-refractivity contribution in [3.05, 3.63) is 0 Å². The summed E-state index contributed by atoms with van der Waals surface area (Å²) in [4.78, 5) is 14.3. The Morgan fingerprint density at radius 1 is 1.41 bits per heavy atom. The maximum Gasteiger partial charge on any atom is 0.228 e. The lowest BCUT2D eigenvalue weighted by atomic mass is 10.0. The molecule has 0 spiro atoms. The highest BCUT2D eigenvalue weighted by Crippen LogP contribution is 2.23.